The number of nitrogens with one attached hydrogen (secondary N) is 1. The van der Waals surface area contributed by atoms with Crippen LogP contribution in [0.2, 0.25) is 0 Å². The Labute approximate surface area is 108 Å². The normalized spacial score (nSPS) is 10.4. The predicted molar refractivity (Wildman–Crippen MR) is 75.7 cm³/mol. The Kier molecular flexibility index (Phi) is 3.92. The van der Waals surface area contributed by atoms with Crippen LogP contribution < -0.4 is 5.32 Å². The average Bonchev–Trinajstić information content (AvgIpc) is 2.39. The zero-order valence-corrected chi connectivity index (χ0v) is 11.2. The molecule has 0 bridgehead atoms. The first-order valence-corrected chi connectivity index (χ1v) is 6.35. The molecule has 1 aromatic heterocycles. The lowest BCUT2D eigenvalue weighted by molar-refractivity contribution is 0.876. The van der Waals surface area contributed by atoms with Crippen LogP contribution >= 0.6 is 0 Å². The highest BCUT2D eigenvalue weighted by atomic mass is 15.0. The zero-order chi connectivity index (χ0) is 13.0. The van der Waals surface area contributed by atoms with Crippen LogP contribution in [0.25, 0.3) is 11.4 Å². The van der Waals surface area contributed by atoms with Crippen LogP contribution in [0.1, 0.15) is 24.6 Å². The van der Waals surface area contributed by atoms with E-state index in [9.17, 15) is 0 Å². The number of anilines is 1. The fraction of sp³-hybridized carbons (Fsp3) is 0.333. The molecule has 0 aliphatic heterocycles. The second kappa shape index (κ2) is 5.63. The van der Waals surface area contributed by atoms with Crippen molar-refractivity contribution in [3.63, 3.8) is 0 Å². The highest BCUT2D eigenvalue weighted by Gasteiger charge is 2.05. The van der Waals surface area contributed by atoms with Gasteiger partial charge in [0.15, 0.2) is 5.82 Å². The summed E-state index contributed by atoms with van der Waals surface area (Å²) in [6.45, 7) is 4.24. The Hall–Kier alpha value is -1.90. The molecule has 1 aromatic carbocycles. The van der Waals surface area contributed by atoms with Gasteiger partial charge in [-0.25, -0.2) is 9.97 Å². The number of hydrogen-bond donors (Lipinski definition) is 1. The van der Waals surface area contributed by atoms with Gasteiger partial charge < -0.3 is 5.32 Å². The maximum Gasteiger partial charge on any atom is 0.161 e. The van der Waals surface area contributed by atoms with E-state index in [0.29, 0.717) is 0 Å². The lowest BCUT2D eigenvalue weighted by atomic mass is 10.1. The Bertz CT molecular complexity index is 518. The van der Waals surface area contributed by atoms with Crippen molar-refractivity contribution in [1.82, 2.24) is 9.97 Å². The van der Waals surface area contributed by atoms with Gasteiger partial charge in [-0.2, -0.15) is 0 Å². The van der Waals surface area contributed by atoms with Crippen molar-refractivity contribution in [2.75, 3.05) is 12.4 Å². The van der Waals surface area contributed by atoms with Crippen LogP contribution in [0.3, 0.4) is 0 Å². The van der Waals surface area contributed by atoms with Crippen molar-refractivity contribution in [2.45, 2.75) is 26.7 Å². The summed E-state index contributed by atoms with van der Waals surface area (Å²) >= 11 is 0. The Morgan fingerprint density at radius 1 is 1.11 bits per heavy atom. The first-order chi connectivity index (χ1) is 8.72. The van der Waals surface area contributed by atoms with Crippen LogP contribution in [0, 0.1) is 6.92 Å². The molecule has 0 amide bonds. The molecule has 0 saturated carbocycles. The van der Waals surface area contributed by atoms with Crippen LogP contribution in [0.4, 0.5) is 5.82 Å². The van der Waals surface area contributed by atoms with Crippen molar-refractivity contribution in [3.05, 3.63) is 41.6 Å². The third-order valence-electron chi connectivity index (χ3n) is 2.85. The maximum absolute atomic E-state index is 4.62. The van der Waals surface area contributed by atoms with E-state index in [4.69, 9.17) is 0 Å². The molecule has 0 saturated heterocycles. The summed E-state index contributed by atoms with van der Waals surface area (Å²) in [7, 11) is 1.89. The monoisotopic (exact) mass is 241 g/mol. The molecule has 3 nitrogen and oxygen atoms in total. The average molecular weight is 241 g/mol. The highest BCUT2D eigenvalue weighted by molar-refractivity contribution is 5.58. The summed E-state index contributed by atoms with van der Waals surface area (Å²) in [5.74, 6) is 1.68. The van der Waals surface area contributed by atoms with Gasteiger partial charge in [-0.3, -0.25) is 0 Å². The van der Waals surface area contributed by atoms with Crippen molar-refractivity contribution < 1.29 is 0 Å². The molecule has 0 aliphatic carbocycles. The molecule has 0 unspecified atom stereocenters. The van der Waals surface area contributed by atoms with Crippen molar-refractivity contribution in [1.29, 1.82) is 0 Å². The van der Waals surface area contributed by atoms with E-state index >= 15 is 0 Å². The molecule has 18 heavy (non-hydrogen) atoms. The maximum atomic E-state index is 4.62. The minimum atomic E-state index is 0.797. The molecule has 1 heterocycles. The molecule has 0 aliphatic rings. The van der Waals surface area contributed by atoms with Gasteiger partial charge in [0.05, 0.1) is 0 Å². The molecule has 3 heteroatoms. The van der Waals surface area contributed by atoms with Gasteiger partial charge in [0.2, 0.25) is 0 Å². The SMILES string of the molecule is CCCc1cc(NC)nc(-c2ccc(C)cc2)n1. The zero-order valence-electron chi connectivity index (χ0n) is 11.2. The van der Waals surface area contributed by atoms with Crippen LogP contribution in [-0.2, 0) is 6.42 Å². The molecule has 0 spiro atoms. The molecule has 94 valence electrons. The number of aromatic nitrogens is 2. The van der Waals surface area contributed by atoms with E-state index in [1.54, 1.807) is 0 Å². The molecule has 0 radical (unpaired) electrons. The lowest BCUT2D eigenvalue weighted by Gasteiger charge is -2.07. The summed E-state index contributed by atoms with van der Waals surface area (Å²) in [4.78, 5) is 9.13. The van der Waals surface area contributed by atoms with Crippen LogP contribution in [-0.4, -0.2) is 17.0 Å². The van der Waals surface area contributed by atoms with Crippen LogP contribution in [0.15, 0.2) is 30.3 Å². The number of rotatable bonds is 4. The Morgan fingerprint density at radius 3 is 2.44 bits per heavy atom. The second-order valence-electron chi connectivity index (χ2n) is 4.43. The number of nitrogens with zero attached hydrogens (tertiary/aromatic N) is 2. The topological polar surface area (TPSA) is 37.8 Å². The summed E-state index contributed by atoms with van der Waals surface area (Å²) in [6.07, 6.45) is 2.07. The van der Waals surface area contributed by atoms with Crippen molar-refractivity contribution in [3.8, 4) is 11.4 Å². The van der Waals surface area contributed by atoms with Crippen LogP contribution in [0.5, 0.6) is 0 Å². The smallest absolute Gasteiger partial charge is 0.161 e. The molecule has 2 aromatic rings. The largest absolute Gasteiger partial charge is 0.373 e. The third-order valence-corrected chi connectivity index (χ3v) is 2.85. The van der Waals surface area contributed by atoms with Gasteiger partial charge >= 0.3 is 0 Å². The fourth-order valence-corrected chi connectivity index (χ4v) is 1.84. The molecule has 1 N–H and O–H groups in total. The van der Waals surface area contributed by atoms with E-state index in [1.807, 2.05) is 13.1 Å². The quantitative estimate of drug-likeness (QED) is 0.891. The summed E-state index contributed by atoms with van der Waals surface area (Å²) in [6, 6.07) is 10.3. The molecular weight excluding hydrogens is 222 g/mol. The number of hydrogen-bond acceptors (Lipinski definition) is 3. The van der Waals surface area contributed by atoms with Crippen molar-refractivity contribution in [2.24, 2.45) is 0 Å². The molecule has 0 fully saturated rings. The lowest BCUT2D eigenvalue weighted by Crippen LogP contribution is -2.00. The predicted octanol–water partition coefficient (Wildman–Crippen LogP) is 3.45. The number of aryl methyl sites for hydroxylation is 2. The Balaban J connectivity index is 2.42. The molecule has 2 rings (SSSR count). The van der Waals surface area contributed by atoms with Gasteiger partial charge in [0, 0.05) is 24.4 Å². The van der Waals surface area contributed by atoms with Crippen molar-refractivity contribution >= 4 is 5.82 Å². The van der Waals surface area contributed by atoms with Gasteiger partial charge in [-0.15, -0.1) is 0 Å². The van der Waals surface area contributed by atoms with Gasteiger partial charge in [0.1, 0.15) is 5.82 Å². The minimum absolute atomic E-state index is 0.797. The van der Waals surface area contributed by atoms with E-state index in [2.05, 4.69) is 53.4 Å². The van der Waals surface area contributed by atoms with E-state index < -0.39 is 0 Å². The summed E-state index contributed by atoms with van der Waals surface area (Å²) < 4.78 is 0. The third kappa shape index (κ3) is 2.86. The van der Waals surface area contributed by atoms with E-state index in [1.165, 1.54) is 5.56 Å². The Morgan fingerprint density at radius 2 is 1.83 bits per heavy atom. The van der Waals surface area contributed by atoms with Gasteiger partial charge in [-0.05, 0) is 13.3 Å². The number of benzene rings is 1. The minimum Gasteiger partial charge on any atom is -0.373 e. The molecule has 0 atom stereocenters. The van der Waals surface area contributed by atoms with Gasteiger partial charge in [0.25, 0.3) is 0 Å². The fourth-order valence-electron chi connectivity index (χ4n) is 1.84. The standard InChI is InChI=1S/C15H19N3/c1-4-5-13-10-14(16-3)18-15(17-13)12-8-6-11(2)7-9-12/h6-10H,4-5H2,1-3H3,(H,16,17,18). The summed E-state index contributed by atoms with van der Waals surface area (Å²) in [5.41, 5.74) is 3.40. The van der Waals surface area contributed by atoms with E-state index in [-0.39, 0.29) is 0 Å². The first-order valence-electron chi connectivity index (χ1n) is 6.35. The second-order valence-corrected chi connectivity index (χ2v) is 4.43. The highest BCUT2D eigenvalue weighted by Crippen LogP contribution is 2.19. The summed E-state index contributed by atoms with van der Waals surface area (Å²) in [5, 5.41) is 3.10. The molecular formula is C15H19N3. The first kappa shape index (κ1) is 12.6. The van der Waals surface area contributed by atoms with Gasteiger partial charge in [-0.1, -0.05) is 43.2 Å². The van der Waals surface area contributed by atoms with E-state index in [0.717, 1.165) is 35.7 Å².